The fraction of sp³-hybridized carbons (Fsp3) is 0.371. The average Bonchev–Trinajstić information content (AvgIpc) is 2.97. The van der Waals surface area contributed by atoms with Gasteiger partial charge in [-0.1, -0.05) is 42.5 Å². The Morgan fingerprint density at radius 3 is 2.17 bits per heavy atom. The van der Waals surface area contributed by atoms with Crippen molar-refractivity contribution < 1.29 is 32.2 Å². The van der Waals surface area contributed by atoms with Crippen LogP contribution in [-0.4, -0.2) is 65.1 Å². The van der Waals surface area contributed by atoms with Gasteiger partial charge in [-0.25, -0.2) is 18.0 Å². The summed E-state index contributed by atoms with van der Waals surface area (Å²) < 4.78 is 46.7. The number of amides is 1. The standard InChI is InChI=1S/C35H40N4O7S/c1-33(2,3)45-31(40)30(38-32(41)46-34(4,5)6)20-24-11-10-14-27(19-24)47(42,43)39-22-35(23-39,25-12-8-7-9-13-25)44-26-15-16-28-29(21-26)37-18-17-36-28/h7-19,21,30H,20,22-23H2,1-6H3,(H,38,41)/t30-/m0/s1. The molecule has 1 aromatic heterocycles. The lowest BCUT2D eigenvalue weighted by atomic mass is 9.87. The third kappa shape index (κ3) is 8.25. The lowest BCUT2D eigenvalue weighted by Crippen LogP contribution is -2.64. The number of nitrogens with zero attached hydrogens (tertiary/aromatic N) is 3. The lowest BCUT2D eigenvalue weighted by Gasteiger charge is -2.48. The van der Waals surface area contributed by atoms with E-state index in [4.69, 9.17) is 14.2 Å². The molecule has 12 heteroatoms. The highest BCUT2D eigenvalue weighted by Crippen LogP contribution is 2.40. The number of hydrogen-bond acceptors (Lipinski definition) is 9. The first-order chi connectivity index (χ1) is 22.0. The molecule has 1 saturated heterocycles. The van der Waals surface area contributed by atoms with Crippen molar-refractivity contribution in [3.63, 3.8) is 0 Å². The van der Waals surface area contributed by atoms with E-state index in [1.54, 1.807) is 78.2 Å². The Morgan fingerprint density at radius 1 is 0.851 bits per heavy atom. The number of carbonyl (C=O) groups excluding carboxylic acids is 2. The Bertz CT molecular complexity index is 1860. The molecule has 2 heterocycles. The molecule has 0 unspecified atom stereocenters. The van der Waals surface area contributed by atoms with E-state index < -0.39 is 44.9 Å². The largest absolute Gasteiger partial charge is 0.480 e. The fourth-order valence-electron chi connectivity index (χ4n) is 5.21. The molecule has 1 atom stereocenters. The molecule has 11 nitrogen and oxygen atoms in total. The number of nitrogens with one attached hydrogen (secondary N) is 1. The topological polar surface area (TPSA) is 137 Å². The number of fused-ring (bicyclic) bond motifs is 1. The minimum Gasteiger partial charge on any atom is -0.480 e. The van der Waals surface area contributed by atoms with Crippen molar-refractivity contribution in [1.82, 2.24) is 19.6 Å². The molecule has 3 aromatic carbocycles. The molecule has 1 aliphatic heterocycles. The lowest BCUT2D eigenvalue weighted by molar-refractivity contribution is -0.157. The predicted octanol–water partition coefficient (Wildman–Crippen LogP) is 5.39. The molecule has 1 amide bonds. The van der Waals surface area contributed by atoms with Crippen LogP contribution in [0.2, 0.25) is 0 Å². The summed E-state index contributed by atoms with van der Waals surface area (Å²) >= 11 is 0. The minimum absolute atomic E-state index is 0.0144. The van der Waals surface area contributed by atoms with Crippen molar-refractivity contribution in [2.24, 2.45) is 0 Å². The Morgan fingerprint density at radius 2 is 1.51 bits per heavy atom. The van der Waals surface area contributed by atoms with Gasteiger partial charge in [-0.05, 0) is 76.9 Å². The highest BCUT2D eigenvalue weighted by Gasteiger charge is 2.52. The maximum atomic E-state index is 13.9. The van der Waals surface area contributed by atoms with Gasteiger partial charge in [0.2, 0.25) is 10.0 Å². The number of carbonyl (C=O) groups is 2. The van der Waals surface area contributed by atoms with Crippen LogP contribution in [0.15, 0.2) is 90.1 Å². The van der Waals surface area contributed by atoms with E-state index in [1.807, 2.05) is 36.4 Å². The second kappa shape index (κ2) is 12.9. The molecule has 0 aliphatic carbocycles. The molecule has 1 aliphatic rings. The summed E-state index contributed by atoms with van der Waals surface area (Å²) in [4.78, 5) is 34.4. The van der Waals surface area contributed by atoms with Crippen LogP contribution >= 0.6 is 0 Å². The number of aromatic nitrogens is 2. The molecular weight excluding hydrogens is 620 g/mol. The van der Waals surface area contributed by atoms with Gasteiger partial charge in [-0.2, -0.15) is 4.31 Å². The van der Waals surface area contributed by atoms with E-state index in [0.29, 0.717) is 16.8 Å². The van der Waals surface area contributed by atoms with Gasteiger partial charge >= 0.3 is 12.1 Å². The maximum absolute atomic E-state index is 13.9. The SMILES string of the molecule is CC(C)(C)OC(=O)N[C@@H](Cc1cccc(S(=O)(=O)N2CC(Oc3ccc4nccnc4c3)(c3ccccc3)C2)c1)C(=O)OC(C)(C)C. The van der Waals surface area contributed by atoms with E-state index in [9.17, 15) is 18.0 Å². The summed E-state index contributed by atoms with van der Waals surface area (Å²) in [5.41, 5.74) is 0.229. The third-order valence-corrected chi connectivity index (χ3v) is 9.06. The van der Waals surface area contributed by atoms with Crippen LogP contribution in [0.25, 0.3) is 11.0 Å². The molecule has 4 aromatic rings. The summed E-state index contributed by atoms with van der Waals surface area (Å²) in [5.74, 6) is -0.115. The fourth-order valence-corrected chi connectivity index (χ4v) is 6.81. The Kier molecular flexibility index (Phi) is 9.29. The van der Waals surface area contributed by atoms with Crippen molar-refractivity contribution in [3.05, 3.63) is 96.3 Å². The number of sulfonamides is 1. The molecular formula is C35H40N4O7S. The van der Waals surface area contributed by atoms with Gasteiger partial charge in [0.1, 0.15) is 23.0 Å². The molecule has 1 fully saturated rings. The second-order valence-electron chi connectivity index (χ2n) is 13.5. The van der Waals surface area contributed by atoms with Crippen LogP contribution < -0.4 is 10.1 Å². The molecule has 1 N–H and O–H groups in total. The van der Waals surface area contributed by atoms with E-state index in [2.05, 4.69) is 15.3 Å². The molecule has 248 valence electrons. The highest BCUT2D eigenvalue weighted by molar-refractivity contribution is 7.89. The van der Waals surface area contributed by atoms with Crippen LogP contribution in [0.5, 0.6) is 5.75 Å². The van der Waals surface area contributed by atoms with Crippen LogP contribution in [0.4, 0.5) is 4.79 Å². The van der Waals surface area contributed by atoms with E-state index >= 15 is 0 Å². The first kappa shape index (κ1) is 33.8. The molecule has 0 spiro atoms. The van der Waals surface area contributed by atoms with Crippen molar-refractivity contribution in [2.75, 3.05) is 13.1 Å². The van der Waals surface area contributed by atoms with Crippen LogP contribution in [0.3, 0.4) is 0 Å². The summed E-state index contributed by atoms with van der Waals surface area (Å²) in [6, 6.07) is 20.1. The summed E-state index contributed by atoms with van der Waals surface area (Å²) in [6.45, 7) is 10.5. The molecule has 0 radical (unpaired) electrons. The van der Waals surface area contributed by atoms with Gasteiger partial charge in [0, 0.05) is 24.9 Å². The van der Waals surface area contributed by atoms with Crippen LogP contribution in [-0.2, 0) is 36.3 Å². The molecule has 5 rings (SSSR count). The summed E-state index contributed by atoms with van der Waals surface area (Å²) in [6.07, 6.45) is 2.43. The van der Waals surface area contributed by atoms with Gasteiger partial charge < -0.3 is 19.5 Å². The van der Waals surface area contributed by atoms with Crippen LogP contribution in [0.1, 0.15) is 52.7 Å². The Labute approximate surface area is 275 Å². The summed E-state index contributed by atoms with van der Waals surface area (Å²) in [5, 5.41) is 2.59. The normalized spacial score (nSPS) is 15.7. The summed E-state index contributed by atoms with van der Waals surface area (Å²) in [7, 11) is -3.96. The third-order valence-electron chi connectivity index (χ3n) is 7.28. The number of benzene rings is 3. The van der Waals surface area contributed by atoms with Crippen molar-refractivity contribution in [2.45, 2.75) is 75.7 Å². The highest BCUT2D eigenvalue weighted by atomic mass is 32.2. The van der Waals surface area contributed by atoms with E-state index in [-0.39, 0.29) is 24.4 Å². The minimum atomic E-state index is -3.96. The van der Waals surface area contributed by atoms with E-state index in [1.165, 1.54) is 16.4 Å². The molecule has 0 bridgehead atoms. The van der Waals surface area contributed by atoms with Gasteiger partial charge in [0.15, 0.2) is 5.60 Å². The van der Waals surface area contributed by atoms with Gasteiger partial charge in [0.05, 0.1) is 29.0 Å². The maximum Gasteiger partial charge on any atom is 0.408 e. The number of hydrogen-bond donors (Lipinski definition) is 1. The van der Waals surface area contributed by atoms with Crippen molar-refractivity contribution >= 4 is 33.1 Å². The first-order valence-electron chi connectivity index (χ1n) is 15.3. The van der Waals surface area contributed by atoms with Crippen molar-refractivity contribution in [3.8, 4) is 5.75 Å². The van der Waals surface area contributed by atoms with Gasteiger partial charge in [0.25, 0.3) is 0 Å². The zero-order valence-corrected chi connectivity index (χ0v) is 28.2. The van der Waals surface area contributed by atoms with Gasteiger partial charge in [-0.3, -0.25) is 9.97 Å². The quantitative estimate of drug-likeness (QED) is 0.235. The first-order valence-corrected chi connectivity index (χ1v) is 16.7. The number of ether oxygens (including phenoxy) is 3. The monoisotopic (exact) mass is 660 g/mol. The van der Waals surface area contributed by atoms with E-state index in [0.717, 1.165) is 11.1 Å². The van der Waals surface area contributed by atoms with Gasteiger partial charge in [-0.15, -0.1) is 0 Å². The Balaban J connectivity index is 1.37. The Hall–Kier alpha value is -4.55. The predicted molar refractivity (Wildman–Crippen MR) is 176 cm³/mol. The second-order valence-corrected chi connectivity index (χ2v) is 15.5. The van der Waals surface area contributed by atoms with Crippen molar-refractivity contribution in [1.29, 1.82) is 0 Å². The smallest absolute Gasteiger partial charge is 0.408 e. The zero-order valence-electron chi connectivity index (χ0n) is 27.4. The zero-order chi connectivity index (χ0) is 34.0. The average molecular weight is 661 g/mol. The molecule has 47 heavy (non-hydrogen) atoms. The number of alkyl carbamates (subject to hydrolysis) is 1. The number of rotatable bonds is 9. The van der Waals surface area contributed by atoms with Crippen LogP contribution in [0, 0.1) is 0 Å². The molecule has 0 saturated carbocycles. The number of esters is 1.